The standard InChI is InChI=1S/C13H17ClNOP/c1-13(11-7-3-2-4-8-11)12-9-5-6-10-15(12)17(14)16-13/h2-4,7-8,12H,5-6,9-10H2,1H3/t12-,13-,17?/m0/s1. The van der Waals surface area contributed by atoms with E-state index in [0.29, 0.717) is 6.04 Å². The van der Waals surface area contributed by atoms with Gasteiger partial charge in [0.15, 0.2) is 0 Å². The molecule has 2 aliphatic rings. The molecule has 0 amide bonds. The highest BCUT2D eigenvalue weighted by Gasteiger charge is 2.52. The van der Waals surface area contributed by atoms with E-state index in [2.05, 4.69) is 35.9 Å². The summed E-state index contributed by atoms with van der Waals surface area (Å²) in [5.41, 5.74) is 1.03. The van der Waals surface area contributed by atoms with Crippen LogP contribution in [0.2, 0.25) is 0 Å². The molecule has 1 aromatic carbocycles. The van der Waals surface area contributed by atoms with E-state index in [-0.39, 0.29) is 5.60 Å². The number of benzene rings is 1. The number of fused-ring (bicyclic) bond motifs is 1. The van der Waals surface area contributed by atoms with E-state index in [9.17, 15) is 0 Å². The number of nitrogens with zero attached hydrogens (tertiary/aromatic N) is 1. The minimum Gasteiger partial charge on any atom is -0.319 e. The highest BCUT2D eigenvalue weighted by atomic mass is 35.7. The van der Waals surface area contributed by atoms with Crippen LogP contribution >= 0.6 is 18.9 Å². The van der Waals surface area contributed by atoms with E-state index < -0.39 is 7.65 Å². The van der Waals surface area contributed by atoms with E-state index in [1.165, 1.54) is 24.8 Å². The number of rotatable bonds is 1. The van der Waals surface area contributed by atoms with Gasteiger partial charge in [-0.3, -0.25) is 0 Å². The molecule has 0 bridgehead atoms. The Balaban J connectivity index is 1.97. The van der Waals surface area contributed by atoms with Crippen LogP contribution in [0.15, 0.2) is 30.3 Å². The van der Waals surface area contributed by atoms with Crippen molar-refractivity contribution in [1.82, 2.24) is 4.67 Å². The second-order valence-corrected chi connectivity index (χ2v) is 6.98. The zero-order chi connectivity index (χ0) is 11.9. The smallest absolute Gasteiger partial charge is 0.208 e. The van der Waals surface area contributed by atoms with E-state index in [1.807, 2.05) is 6.07 Å². The van der Waals surface area contributed by atoms with Crippen molar-refractivity contribution in [2.75, 3.05) is 6.54 Å². The Labute approximate surface area is 109 Å². The summed E-state index contributed by atoms with van der Waals surface area (Å²) in [6.07, 6.45) is 3.72. The van der Waals surface area contributed by atoms with Gasteiger partial charge in [-0.1, -0.05) is 36.8 Å². The molecule has 2 fully saturated rings. The van der Waals surface area contributed by atoms with Crippen molar-refractivity contribution in [3.05, 3.63) is 35.9 Å². The van der Waals surface area contributed by atoms with Gasteiger partial charge >= 0.3 is 0 Å². The maximum absolute atomic E-state index is 6.39. The summed E-state index contributed by atoms with van der Waals surface area (Å²) < 4.78 is 8.51. The second-order valence-electron chi connectivity index (χ2n) is 4.97. The van der Waals surface area contributed by atoms with Crippen molar-refractivity contribution in [2.45, 2.75) is 37.8 Å². The topological polar surface area (TPSA) is 12.5 Å². The lowest BCUT2D eigenvalue weighted by Gasteiger charge is -2.35. The van der Waals surface area contributed by atoms with Crippen LogP contribution in [0.3, 0.4) is 0 Å². The van der Waals surface area contributed by atoms with Crippen molar-refractivity contribution < 1.29 is 4.52 Å². The van der Waals surface area contributed by atoms with E-state index in [0.717, 1.165) is 6.54 Å². The van der Waals surface area contributed by atoms with E-state index in [4.69, 9.17) is 15.8 Å². The lowest BCUT2D eigenvalue weighted by Crippen LogP contribution is -2.43. The Morgan fingerprint density at radius 3 is 2.88 bits per heavy atom. The molecule has 0 N–H and O–H groups in total. The number of halogens is 1. The molecule has 2 aliphatic heterocycles. The number of hydrogen-bond donors (Lipinski definition) is 0. The van der Waals surface area contributed by atoms with Gasteiger partial charge in [-0.25, -0.2) is 4.67 Å². The summed E-state index contributed by atoms with van der Waals surface area (Å²) >= 11 is 6.39. The van der Waals surface area contributed by atoms with Gasteiger partial charge in [-0.2, -0.15) is 0 Å². The molecule has 4 heteroatoms. The molecular formula is C13H17ClNOP. The molecule has 1 unspecified atom stereocenters. The summed E-state index contributed by atoms with van der Waals surface area (Å²) in [6.45, 7) is 3.28. The van der Waals surface area contributed by atoms with Crippen LogP contribution < -0.4 is 0 Å². The maximum Gasteiger partial charge on any atom is 0.208 e. The first kappa shape index (κ1) is 11.9. The largest absolute Gasteiger partial charge is 0.319 e. The predicted octanol–water partition coefficient (Wildman–Crippen LogP) is 4.25. The van der Waals surface area contributed by atoms with Gasteiger partial charge in [0, 0.05) is 12.6 Å². The zero-order valence-corrected chi connectivity index (χ0v) is 11.6. The van der Waals surface area contributed by atoms with Crippen LogP contribution in [-0.2, 0) is 10.1 Å². The van der Waals surface area contributed by atoms with Gasteiger partial charge in [-0.15, -0.1) is 0 Å². The first-order valence-electron chi connectivity index (χ1n) is 6.19. The average Bonchev–Trinajstić information content (AvgIpc) is 2.65. The van der Waals surface area contributed by atoms with Gasteiger partial charge < -0.3 is 4.52 Å². The minimum absolute atomic E-state index is 0.227. The third-order valence-electron chi connectivity index (χ3n) is 3.92. The molecule has 0 spiro atoms. The van der Waals surface area contributed by atoms with Crippen LogP contribution in [0.25, 0.3) is 0 Å². The first-order valence-corrected chi connectivity index (χ1v) is 8.31. The summed E-state index contributed by atoms with van der Waals surface area (Å²) in [4.78, 5) is 0. The summed E-state index contributed by atoms with van der Waals surface area (Å²) in [6, 6.07) is 10.9. The van der Waals surface area contributed by atoms with Crippen LogP contribution in [0.5, 0.6) is 0 Å². The minimum atomic E-state index is -0.928. The molecule has 92 valence electrons. The Morgan fingerprint density at radius 2 is 2.12 bits per heavy atom. The SMILES string of the molecule is C[C@@]1(c2ccccc2)OP(Cl)N2CCCC[C@H]21. The van der Waals surface area contributed by atoms with Crippen LogP contribution in [0.4, 0.5) is 0 Å². The van der Waals surface area contributed by atoms with E-state index in [1.54, 1.807) is 0 Å². The Bertz CT molecular complexity index is 402. The number of hydrogen-bond acceptors (Lipinski definition) is 2. The highest BCUT2D eigenvalue weighted by Crippen LogP contribution is 2.63. The van der Waals surface area contributed by atoms with Gasteiger partial charge in [0.2, 0.25) is 7.65 Å². The Morgan fingerprint density at radius 1 is 1.35 bits per heavy atom. The molecule has 0 aliphatic carbocycles. The summed E-state index contributed by atoms with van der Waals surface area (Å²) in [5, 5.41) is 0. The first-order chi connectivity index (χ1) is 8.22. The molecule has 3 rings (SSSR count). The second kappa shape index (κ2) is 4.51. The third kappa shape index (κ3) is 1.92. The fraction of sp³-hybridized carbons (Fsp3) is 0.538. The normalized spacial score (nSPS) is 38.0. The molecule has 1 aromatic rings. The summed E-state index contributed by atoms with van der Waals surface area (Å²) in [7, 11) is -0.928. The van der Waals surface area contributed by atoms with Crippen LogP contribution in [-0.4, -0.2) is 17.3 Å². The Kier molecular flexibility index (Phi) is 3.16. The molecular weight excluding hydrogens is 253 g/mol. The van der Waals surface area contributed by atoms with Crippen molar-refractivity contribution in [3.63, 3.8) is 0 Å². The quantitative estimate of drug-likeness (QED) is 0.707. The average molecular weight is 270 g/mol. The summed E-state index contributed by atoms with van der Waals surface area (Å²) in [5.74, 6) is 0. The van der Waals surface area contributed by atoms with Gasteiger partial charge in [-0.05, 0) is 36.6 Å². The monoisotopic (exact) mass is 269 g/mol. The lowest BCUT2D eigenvalue weighted by atomic mass is 9.84. The molecule has 2 nitrogen and oxygen atoms in total. The maximum atomic E-state index is 6.39. The van der Waals surface area contributed by atoms with E-state index >= 15 is 0 Å². The fourth-order valence-electron chi connectivity index (χ4n) is 2.95. The van der Waals surface area contributed by atoms with Gasteiger partial charge in [0.1, 0.15) is 5.60 Å². The number of piperidine rings is 1. The molecule has 17 heavy (non-hydrogen) atoms. The van der Waals surface area contributed by atoms with Gasteiger partial charge in [0.25, 0.3) is 0 Å². The van der Waals surface area contributed by atoms with Crippen molar-refractivity contribution in [1.29, 1.82) is 0 Å². The third-order valence-corrected chi connectivity index (χ3v) is 6.13. The van der Waals surface area contributed by atoms with Crippen molar-refractivity contribution >= 4 is 18.9 Å². The molecule has 3 atom stereocenters. The van der Waals surface area contributed by atoms with Crippen molar-refractivity contribution in [2.24, 2.45) is 0 Å². The lowest BCUT2D eigenvalue weighted by molar-refractivity contribution is 0.0645. The molecule has 0 saturated carbocycles. The van der Waals surface area contributed by atoms with Crippen LogP contribution in [0.1, 0.15) is 31.7 Å². The predicted molar refractivity (Wildman–Crippen MR) is 72.0 cm³/mol. The highest BCUT2D eigenvalue weighted by molar-refractivity contribution is 7.78. The molecule has 2 saturated heterocycles. The Hall–Kier alpha value is -0.140. The van der Waals surface area contributed by atoms with Crippen LogP contribution in [0, 0.1) is 0 Å². The molecule has 2 heterocycles. The van der Waals surface area contributed by atoms with Crippen molar-refractivity contribution in [3.8, 4) is 0 Å². The zero-order valence-electron chi connectivity index (χ0n) is 9.97. The van der Waals surface area contributed by atoms with Gasteiger partial charge in [0.05, 0.1) is 0 Å². The molecule has 0 radical (unpaired) electrons. The fourth-order valence-corrected chi connectivity index (χ4v) is 5.42. The molecule has 0 aromatic heterocycles.